The third-order valence-corrected chi connectivity index (χ3v) is 3.32. The van der Waals surface area contributed by atoms with Crippen molar-refractivity contribution in [3.05, 3.63) is 34.3 Å². The van der Waals surface area contributed by atoms with E-state index in [2.05, 4.69) is 15.9 Å². The number of amides is 4. The highest BCUT2D eigenvalue weighted by Gasteiger charge is 2.45. The molecule has 0 radical (unpaired) electrons. The summed E-state index contributed by atoms with van der Waals surface area (Å²) < 4.78 is 0.858. The molecule has 1 saturated heterocycles. The lowest BCUT2D eigenvalue weighted by molar-refractivity contribution is -0.144. The summed E-state index contributed by atoms with van der Waals surface area (Å²) in [7, 11) is 0. The molecule has 0 aromatic heterocycles. The Balaban J connectivity index is 2.24. The average Bonchev–Trinajstić information content (AvgIpc) is 2.53. The maximum absolute atomic E-state index is 12.1. The van der Waals surface area contributed by atoms with Crippen LogP contribution in [0.4, 0.5) is 4.79 Å². The van der Waals surface area contributed by atoms with Crippen LogP contribution >= 0.6 is 15.9 Å². The minimum absolute atomic E-state index is 0.103. The molecule has 0 saturated carbocycles. The van der Waals surface area contributed by atoms with Crippen LogP contribution in [0.3, 0.4) is 0 Å². The van der Waals surface area contributed by atoms with E-state index < -0.39 is 17.8 Å². The maximum Gasteiger partial charge on any atom is 0.334 e. The Morgan fingerprint density at radius 2 is 1.84 bits per heavy atom. The lowest BCUT2D eigenvalue weighted by Gasteiger charge is -2.18. The number of carbonyl (C=O) groups excluding carboxylic acids is 3. The van der Waals surface area contributed by atoms with Crippen LogP contribution in [0.1, 0.15) is 19.4 Å². The molecule has 19 heavy (non-hydrogen) atoms. The quantitative estimate of drug-likeness (QED) is 0.632. The minimum Gasteiger partial charge on any atom is -0.263 e. The molecule has 0 N–H and O–H groups in total. The normalized spacial score (nSPS) is 15.9. The van der Waals surface area contributed by atoms with E-state index in [9.17, 15) is 14.4 Å². The molecule has 1 fully saturated rings. The van der Waals surface area contributed by atoms with Gasteiger partial charge in [0.25, 0.3) is 0 Å². The minimum atomic E-state index is -0.765. The van der Waals surface area contributed by atoms with Crippen molar-refractivity contribution in [1.82, 2.24) is 9.80 Å². The fraction of sp³-hybridized carbons (Fsp3) is 0.308. The average molecular weight is 325 g/mol. The fourth-order valence-electron chi connectivity index (χ4n) is 1.93. The van der Waals surface area contributed by atoms with Gasteiger partial charge in [-0.3, -0.25) is 19.4 Å². The molecule has 0 aliphatic carbocycles. The SMILES string of the molecule is CC(C)N1C(=O)C(=O)N(Cc2cccc(Br)c2)C1=O. The van der Waals surface area contributed by atoms with Crippen LogP contribution in [0.2, 0.25) is 0 Å². The number of imide groups is 2. The second kappa shape index (κ2) is 5.13. The lowest BCUT2D eigenvalue weighted by atomic mass is 10.2. The number of carbonyl (C=O) groups is 3. The van der Waals surface area contributed by atoms with E-state index in [1.807, 2.05) is 18.2 Å². The molecule has 0 bridgehead atoms. The summed E-state index contributed by atoms with van der Waals surface area (Å²) in [5.74, 6) is -1.52. The molecular formula is C13H13BrN2O3. The van der Waals surface area contributed by atoms with Gasteiger partial charge in [0.2, 0.25) is 0 Å². The first-order valence-electron chi connectivity index (χ1n) is 5.85. The maximum atomic E-state index is 12.1. The molecule has 6 heteroatoms. The molecule has 100 valence electrons. The first kappa shape index (κ1) is 13.7. The second-order valence-corrected chi connectivity index (χ2v) is 5.49. The van der Waals surface area contributed by atoms with Gasteiger partial charge in [-0.25, -0.2) is 4.79 Å². The predicted molar refractivity (Wildman–Crippen MR) is 72.1 cm³/mol. The molecule has 1 aromatic carbocycles. The Morgan fingerprint density at radius 1 is 1.16 bits per heavy atom. The molecule has 2 rings (SSSR count). The van der Waals surface area contributed by atoms with E-state index in [0.29, 0.717) is 0 Å². The first-order chi connectivity index (χ1) is 8.91. The molecule has 0 unspecified atom stereocenters. The molecular weight excluding hydrogens is 312 g/mol. The molecule has 1 aliphatic heterocycles. The van der Waals surface area contributed by atoms with Crippen molar-refractivity contribution < 1.29 is 14.4 Å². The van der Waals surface area contributed by atoms with E-state index in [0.717, 1.165) is 19.8 Å². The molecule has 1 heterocycles. The number of hydrogen-bond acceptors (Lipinski definition) is 3. The van der Waals surface area contributed by atoms with Gasteiger partial charge in [-0.15, -0.1) is 0 Å². The fourth-order valence-corrected chi connectivity index (χ4v) is 2.38. The largest absolute Gasteiger partial charge is 0.334 e. The van der Waals surface area contributed by atoms with E-state index in [-0.39, 0.29) is 12.6 Å². The Labute approximate surface area is 119 Å². The Kier molecular flexibility index (Phi) is 3.71. The highest BCUT2D eigenvalue weighted by atomic mass is 79.9. The van der Waals surface area contributed by atoms with Crippen molar-refractivity contribution >= 4 is 33.8 Å². The van der Waals surface area contributed by atoms with Gasteiger partial charge >= 0.3 is 17.8 Å². The van der Waals surface area contributed by atoms with Crippen LogP contribution in [0.25, 0.3) is 0 Å². The smallest absolute Gasteiger partial charge is 0.263 e. The topological polar surface area (TPSA) is 57.7 Å². The zero-order valence-corrected chi connectivity index (χ0v) is 12.2. The summed E-state index contributed by atoms with van der Waals surface area (Å²) in [6.45, 7) is 3.50. The number of nitrogens with zero attached hydrogens (tertiary/aromatic N) is 2. The molecule has 4 amide bonds. The van der Waals surface area contributed by atoms with Crippen molar-refractivity contribution in [1.29, 1.82) is 0 Å². The lowest BCUT2D eigenvalue weighted by Crippen LogP contribution is -2.37. The highest BCUT2D eigenvalue weighted by molar-refractivity contribution is 9.10. The van der Waals surface area contributed by atoms with Crippen LogP contribution in [0.15, 0.2) is 28.7 Å². The number of benzene rings is 1. The van der Waals surface area contributed by atoms with E-state index >= 15 is 0 Å². The van der Waals surface area contributed by atoms with Crippen LogP contribution in [-0.2, 0) is 16.1 Å². The molecule has 0 atom stereocenters. The van der Waals surface area contributed by atoms with Gasteiger partial charge in [0.15, 0.2) is 0 Å². The summed E-state index contributed by atoms with van der Waals surface area (Å²) in [5.41, 5.74) is 0.787. The Bertz CT molecular complexity index is 557. The summed E-state index contributed by atoms with van der Waals surface area (Å²) in [6.07, 6.45) is 0. The van der Waals surface area contributed by atoms with Gasteiger partial charge in [0, 0.05) is 10.5 Å². The summed E-state index contributed by atoms with van der Waals surface area (Å²) in [6, 6.07) is 6.40. The van der Waals surface area contributed by atoms with Crippen molar-refractivity contribution in [3.63, 3.8) is 0 Å². The summed E-state index contributed by atoms with van der Waals surface area (Å²) >= 11 is 3.32. The molecule has 1 aromatic rings. The van der Waals surface area contributed by atoms with Crippen LogP contribution in [0, 0.1) is 0 Å². The van der Waals surface area contributed by atoms with Gasteiger partial charge < -0.3 is 0 Å². The zero-order valence-electron chi connectivity index (χ0n) is 10.6. The summed E-state index contributed by atoms with van der Waals surface area (Å²) in [5, 5.41) is 0. The van der Waals surface area contributed by atoms with Gasteiger partial charge in [-0.1, -0.05) is 28.1 Å². The number of hydrogen-bond donors (Lipinski definition) is 0. The Morgan fingerprint density at radius 3 is 2.37 bits per heavy atom. The van der Waals surface area contributed by atoms with Gasteiger partial charge in [-0.2, -0.15) is 0 Å². The monoisotopic (exact) mass is 324 g/mol. The van der Waals surface area contributed by atoms with E-state index in [1.54, 1.807) is 19.9 Å². The third kappa shape index (κ3) is 2.53. The van der Waals surface area contributed by atoms with Crippen LogP contribution in [0.5, 0.6) is 0 Å². The standard InChI is InChI=1S/C13H13BrN2O3/c1-8(2)16-12(18)11(17)15(13(16)19)7-9-4-3-5-10(14)6-9/h3-6,8H,7H2,1-2H3. The van der Waals surface area contributed by atoms with Crippen LogP contribution in [-0.4, -0.2) is 33.7 Å². The number of urea groups is 1. The van der Waals surface area contributed by atoms with Gasteiger partial charge in [-0.05, 0) is 31.5 Å². The number of halogens is 1. The van der Waals surface area contributed by atoms with Gasteiger partial charge in [0.05, 0.1) is 6.54 Å². The molecule has 0 spiro atoms. The van der Waals surface area contributed by atoms with E-state index in [1.165, 1.54) is 0 Å². The van der Waals surface area contributed by atoms with Crippen molar-refractivity contribution in [2.45, 2.75) is 26.4 Å². The molecule has 5 nitrogen and oxygen atoms in total. The third-order valence-electron chi connectivity index (χ3n) is 2.83. The summed E-state index contributed by atoms with van der Waals surface area (Å²) in [4.78, 5) is 37.6. The second-order valence-electron chi connectivity index (χ2n) is 4.57. The van der Waals surface area contributed by atoms with Gasteiger partial charge in [0.1, 0.15) is 0 Å². The van der Waals surface area contributed by atoms with Crippen LogP contribution < -0.4 is 0 Å². The Hall–Kier alpha value is -1.69. The van der Waals surface area contributed by atoms with Crippen molar-refractivity contribution in [2.75, 3.05) is 0 Å². The highest BCUT2D eigenvalue weighted by Crippen LogP contribution is 2.19. The molecule has 1 aliphatic rings. The van der Waals surface area contributed by atoms with E-state index in [4.69, 9.17) is 0 Å². The van der Waals surface area contributed by atoms with Crippen molar-refractivity contribution in [3.8, 4) is 0 Å². The van der Waals surface area contributed by atoms with Crippen molar-refractivity contribution in [2.24, 2.45) is 0 Å². The zero-order chi connectivity index (χ0) is 14.2. The number of rotatable bonds is 3. The predicted octanol–water partition coefficient (Wildman–Crippen LogP) is 2.15. The first-order valence-corrected chi connectivity index (χ1v) is 6.64.